The number of ether oxygens (including phenoxy) is 1. The number of methoxy groups -OCH3 is 1. The molecule has 0 aliphatic carbocycles. The van der Waals surface area contributed by atoms with Gasteiger partial charge >= 0.3 is 0 Å². The quantitative estimate of drug-likeness (QED) is 0.555. The van der Waals surface area contributed by atoms with Gasteiger partial charge in [-0.1, -0.05) is 33.6 Å². The zero-order valence-corrected chi connectivity index (χ0v) is 14.3. The molecule has 0 saturated heterocycles. The van der Waals surface area contributed by atoms with Crippen LogP contribution in [-0.4, -0.2) is 44.2 Å². The van der Waals surface area contributed by atoms with Crippen LogP contribution in [0.15, 0.2) is 0 Å². The highest BCUT2D eigenvalue weighted by molar-refractivity contribution is 5.88. The normalized spacial score (nSPS) is 13.2. The third kappa shape index (κ3) is 9.66. The fraction of sp³-hybridized carbons (Fsp3) is 0.857. The third-order valence-electron chi connectivity index (χ3n) is 3.08. The van der Waals surface area contributed by atoms with Crippen molar-refractivity contribution in [1.82, 2.24) is 10.6 Å². The van der Waals surface area contributed by atoms with Gasteiger partial charge in [-0.15, -0.1) is 12.4 Å². The number of nitrogens with one attached hydrogen (secondary N) is 2. The van der Waals surface area contributed by atoms with Gasteiger partial charge in [-0.25, -0.2) is 0 Å². The lowest BCUT2D eigenvalue weighted by Gasteiger charge is -2.25. The van der Waals surface area contributed by atoms with E-state index in [1.54, 1.807) is 0 Å². The number of rotatable bonds is 10. The first kappa shape index (κ1) is 22.4. The van der Waals surface area contributed by atoms with E-state index >= 15 is 0 Å². The van der Waals surface area contributed by atoms with Crippen LogP contribution in [0, 0.1) is 5.92 Å². The molecule has 0 rings (SSSR count). The Bertz CT molecular complexity index is 301. The van der Waals surface area contributed by atoms with Crippen molar-refractivity contribution in [2.75, 3.05) is 20.3 Å². The van der Waals surface area contributed by atoms with Gasteiger partial charge in [0.1, 0.15) is 12.6 Å². The Hall–Kier alpha value is -0.850. The van der Waals surface area contributed by atoms with Crippen molar-refractivity contribution in [2.45, 2.75) is 52.1 Å². The average molecular weight is 324 g/mol. The van der Waals surface area contributed by atoms with E-state index in [1.165, 1.54) is 7.11 Å². The van der Waals surface area contributed by atoms with Crippen LogP contribution in [-0.2, 0) is 14.3 Å². The van der Waals surface area contributed by atoms with E-state index in [2.05, 4.69) is 17.6 Å². The van der Waals surface area contributed by atoms with Crippen molar-refractivity contribution in [2.24, 2.45) is 11.7 Å². The molecule has 126 valence electrons. The van der Waals surface area contributed by atoms with Crippen molar-refractivity contribution in [3.05, 3.63) is 0 Å². The Morgan fingerprint density at radius 2 is 1.86 bits per heavy atom. The van der Waals surface area contributed by atoms with Crippen molar-refractivity contribution in [3.63, 3.8) is 0 Å². The highest BCUT2D eigenvalue weighted by Crippen LogP contribution is 2.05. The summed E-state index contributed by atoms with van der Waals surface area (Å²) in [6.45, 7) is 6.23. The van der Waals surface area contributed by atoms with E-state index in [0.29, 0.717) is 6.54 Å². The van der Waals surface area contributed by atoms with Crippen molar-refractivity contribution >= 4 is 24.2 Å². The van der Waals surface area contributed by atoms with Gasteiger partial charge < -0.3 is 21.1 Å². The lowest BCUT2D eigenvalue weighted by Crippen LogP contribution is -2.54. The van der Waals surface area contributed by atoms with Crippen LogP contribution in [0.4, 0.5) is 0 Å². The van der Waals surface area contributed by atoms with Crippen molar-refractivity contribution in [1.29, 1.82) is 0 Å². The molecule has 21 heavy (non-hydrogen) atoms. The van der Waals surface area contributed by atoms with Crippen LogP contribution in [0.5, 0.6) is 0 Å². The van der Waals surface area contributed by atoms with Crippen LogP contribution < -0.4 is 16.4 Å². The standard InChI is InChI=1S/C14H29N3O3.ClH/c1-5-6-7-11(8-15)16-14(19)13(10(2)3)17-12(18)9-20-4;/h10-11,13H,5-9,15H2,1-4H3,(H,16,19)(H,17,18);1H/t11?,13-;/m0./s1. The van der Waals surface area contributed by atoms with E-state index in [-0.39, 0.29) is 42.8 Å². The summed E-state index contributed by atoms with van der Waals surface area (Å²) in [5.74, 6) is -0.476. The molecule has 0 radical (unpaired) electrons. The van der Waals surface area contributed by atoms with E-state index in [4.69, 9.17) is 10.5 Å². The topological polar surface area (TPSA) is 93.5 Å². The maximum absolute atomic E-state index is 12.2. The maximum atomic E-state index is 12.2. The monoisotopic (exact) mass is 323 g/mol. The minimum atomic E-state index is -0.562. The number of carbonyl (C=O) groups is 2. The molecule has 0 heterocycles. The zero-order valence-electron chi connectivity index (χ0n) is 13.5. The molecule has 0 aromatic rings. The van der Waals surface area contributed by atoms with Gasteiger partial charge in [0, 0.05) is 19.7 Å². The van der Waals surface area contributed by atoms with Crippen LogP contribution in [0.25, 0.3) is 0 Å². The summed E-state index contributed by atoms with van der Waals surface area (Å²) in [5, 5.41) is 5.60. The zero-order chi connectivity index (χ0) is 15.5. The second-order valence-corrected chi connectivity index (χ2v) is 5.31. The van der Waals surface area contributed by atoms with Gasteiger partial charge in [0.05, 0.1) is 0 Å². The van der Waals surface area contributed by atoms with Crippen LogP contribution >= 0.6 is 12.4 Å². The third-order valence-corrected chi connectivity index (χ3v) is 3.08. The average Bonchev–Trinajstić information content (AvgIpc) is 2.40. The molecule has 6 nitrogen and oxygen atoms in total. The molecule has 7 heteroatoms. The predicted molar refractivity (Wildman–Crippen MR) is 86.4 cm³/mol. The highest BCUT2D eigenvalue weighted by atomic mass is 35.5. The van der Waals surface area contributed by atoms with Gasteiger partial charge in [0.25, 0.3) is 0 Å². The Labute approximate surface area is 134 Å². The summed E-state index contributed by atoms with van der Waals surface area (Å²) in [5.41, 5.74) is 5.66. The number of carbonyl (C=O) groups excluding carboxylic acids is 2. The molecule has 0 aliphatic rings. The number of amides is 2. The molecule has 0 saturated carbocycles. The highest BCUT2D eigenvalue weighted by Gasteiger charge is 2.25. The van der Waals surface area contributed by atoms with E-state index < -0.39 is 6.04 Å². The second kappa shape index (κ2) is 12.9. The molecule has 2 atom stereocenters. The van der Waals surface area contributed by atoms with Gasteiger partial charge in [0.2, 0.25) is 11.8 Å². The van der Waals surface area contributed by atoms with Gasteiger partial charge in [-0.05, 0) is 12.3 Å². The molecule has 0 aromatic heterocycles. The number of halogens is 1. The van der Waals surface area contributed by atoms with Gasteiger partial charge in [-0.3, -0.25) is 9.59 Å². The summed E-state index contributed by atoms with van der Waals surface area (Å²) in [6, 6.07) is -0.601. The number of hydrogen-bond acceptors (Lipinski definition) is 4. The summed E-state index contributed by atoms with van der Waals surface area (Å²) < 4.78 is 4.76. The maximum Gasteiger partial charge on any atom is 0.246 e. The fourth-order valence-corrected chi connectivity index (χ4v) is 1.87. The van der Waals surface area contributed by atoms with Gasteiger partial charge in [0.15, 0.2) is 0 Å². The van der Waals surface area contributed by atoms with E-state index in [0.717, 1.165) is 19.3 Å². The first-order valence-electron chi connectivity index (χ1n) is 7.24. The molecular weight excluding hydrogens is 294 g/mol. The number of nitrogens with two attached hydrogens (primary N) is 1. The number of unbranched alkanes of at least 4 members (excludes halogenated alkanes) is 1. The van der Waals surface area contributed by atoms with E-state index in [9.17, 15) is 9.59 Å². The lowest BCUT2D eigenvalue weighted by molar-refractivity contribution is -0.132. The first-order chi connectivity index (χ1) is 9.46. The summed E-state index contributed by atoms with van der Waals surface area (Å²) in [7, 11) is 1.44. The Kier molecular flexibility index (Phi) is 13.7. The van der Waals surface area contributed by atoms with Crippen LogP contribution in [0.2, 0.25) is 0 Å². The minimum absolute atomic E-state index is 0. The molecule has 0 bridgehead atoms. The van der Waals surface area contributed by atoms with Gasteiger partial charge in [-0.2, -0.15) is 0 Å². The smallest absolute Gasteiger partial charge is 0.246 e. The van der Waals surface area contributed by atoms with Crippen LogP contribution in [0.3, 0.4) is 0 Å². The van der Waals surface area contributed by atoms with Crippen molar-refractivity contribution in [3.8, 4) is 0 Å². The first-order valence-corrected chi connectivity index (χ1v) is 7.24. The molecule has 2 amide bonds. The molecule has 0 aromatic carbocycles. The summed E-state index contributed by atoms with van der Waals surface area (Å²) in [6.07, 6.45) is 2.94. The van der Waals surface area contributed by atoms with E-state index in [1.807, 2.05) is 13.8 Å². The largest absolute Gasteiger partial charge is 0.375 e. The molecule has 4 N–H and O–H groups in total. The summed E-state index contributed by atoms with van der Waals surface area (Å²) >= 11 is 0. The molecular formula is C14H30ClN3O3. The number of hydrogen-bond donors (Lipinski definition) is 3. The molecule has 0 fully saturated rings. The lowest BCUT2D eigenvalue weighted by atomic mass is 10.0. The molecule has 0 aliphatic heterocycles. The minimum Gasteiger partial charge on any atom is -0.375 e. The second-order valence-electron chi connectivity index (χ2n) is 5.31. The Morgan fingerprint density at radius 3 is 2.29 bits per heavy atom. The molecule has 1 unspecified atom stereocenters. The van der Waals surface area contributed by atoms with Crippen molar-refractivity contribution < 1.29 is 14.3 Å². The predicted octanol–water partition coefficient (Wildman–Crippen LogP) is 0.829. The van der Waals surface area contributed by atoms with Crippen LogP contribution in [0.1, 0.15) is 40.0 Å². The Balaban J connectivity index is 0. The summed E-state index contributed by atoms with van der Waals surface area (Å²) in [4.78, 5) is 23.8. The molecule has 0 spiro atoms. The Morgan fingerprint density at radius 1 is 1.24 bits per heavy atom. The SMILES string of the molecule is CCCCC(CN)NC(=O)[C@@H](NC(=O)COC)C(C)C.Cl. The fourth-order valence-electron chi connectivity index (χ4n) is 1.87.